The Morgan fingerprint density at radius 3 is 2.85 bits per heavy atom. The molecule has 3 nitrogen and oxygen atoms in total. The molecule has 1 N–H and O–H groups in total. The highest BCUT2D eigenvalue weighted by atomic mass is 32.1. The largest absolute Gasteiger partial charge is 0.347 e. The average molecular weight is 289 g/mol. The number of benzene rings is 1. The summed E-state index contributed by atoms with van der Waals surface area (Å²) in [5, 5.41) is 4.50. The summed E-state index contributed by atoms with van der Waals surface area (Å²) in [6.45, 7) is 7.23. The Labute approximate surface area is 125 Å². The van der Waals surface area contributed by atoms with Crippen LogP contribution in [-0.2, 0) is 13.1 Å². The maximum Gasteiger partial charge on any atom is 0.185 e. The van der Waals surface area contributed by atoms with Gasteiger partial charge < -0.3 is 10.2 Å². The predicted octanol–water partition coefficient (Wildman–Crippen LogP) is 3.59. The minimum atomic E-state index is 0.905. The zero-order valence-electron chi connectivity index (χ0n) is 12.5. The maximum atomic E-state index is 4.53. The Hall–Kier alpha value is -1.39. The van der Waals surface area contributed by atoms with Gasteiger partial charge in [-0.15, -0.1) is 11.3 Å². The first-order valence-electron chi connectivity index (χ1n) is 7.11. The second-order valence-electron chi connectivity index (χ2n) is 5.07. The van der Waals surface area contributed by atoms with Crippen molar-refractivity contribution in [2.45, 2.75) is 33.4 Å². The molecule has 0 unspecified atom stereocenters. The van der Waals surface area contributed by atoms with E-state index in [-0.39, 0.29) is 0 Å². The highest BCUT2D eigenvalue weighted by molar-refractivity contribution is 7.15. The molecule has 1 aromatic carbocycles. The van der Waals surface area contributed by atoms with E-state index in [2.05, 4.69) is 60.4 Å². The van der Waals surface area contributed by atoms with Crippen LogP contribution in [0.25, 0.3) is 0 Å². The van der Waals surface area contributed by atoms with Crippen molar-refractivity contribution < 1.29 is 0 Å². The number of hydrogen-bond donors (Lipinski definition) is 1. The minimum absolute atomic E-state index is 0.905. The van der Waals surface area contributed by atoms with Crippen LogP contribution in [0.15, 0.2) is 30.5 Å². The monoisotopic (exact) mass is 289 g/mol. The molecule has 0 aliphatic carbocycles. The molecule has 0 aliphatic rings. The Morgan fingerprint density at radius 2 is 2.10 bits per heavy atom. The van der Waals surface area contributed by atoms with Crippen molar-refractivity contribution in [1.82, 2.24) is 10.3 Å². The fourth-order valence-electron chi connectivity index (χ4n) is 2.05. The Balaban J connectivity index is 1.96. The molecule has 0 saturated heterocycles. The first-order valence-corrected chi connectivity index (χ1v) is 7.93. The first kappa shape index (κ1) is 15.0. The van der Waals surface area contributed by atoms with E-state index in [4.69, 9.17) is 0 Å². The third kappa shape index (κ3) is 4.05. The second-order valence-corrected chi connectivity index (χ2v) is 6.16. The molecule has 1 heterocycles. The lowest BCUT2D eigenvalue weighted by atomic mass is 10.1. The lowest BCUT2D eigenvalue weighted by Gasteiger charge is -2.17. The van der Waals surface area contributed by atoms with Crippen LogP contribution in [0.1, 0.15) is 29.3 Å². The summed E-state index contributed by atoms with van der Waals surface area (Å²) in [5.74, 6) is 0. The number of thiazole rings is 1. The molecule has 0 atom stereocenters. The molecule has 2 rings (SSSR count). The molecule has 0 spiro atoms. The van der Waals surface area contributed by atoms with Crippen molar-refractivity contribution >= 4 is 16.5 Å². The fourth-order valence-corrected chi connectivity index (χ4v) is 2.89. The van der Waals surface area contributed by atoms with Gasteiger partial charge in [0, 0.05) is 31.2 Å². The van der Waals surface area contributed by atoms with Gasteiger partial charge in [0.2, 0.25) is 0 Å². The van der Waals surface area contributed by atoms with Crippen molar-refractivity contribution in [2.24, 2.45) is 0 Å². The minimum Gasteiger partial charge on any atom is -0.347 e. The van der Waals surface area contributed by atoms with Crippen LogP contribution in [0.3, 0.4) is 0 Å². The summed E-state index contributed by atoms with van der Waals surface area (Å²) in [5.41, 5.74) is 2.69. The standard InChI is InChI=1S/C16H23N3S/c1-4-9-17-10-15-11-18-16(20-15)19(3)12-14-8-6-5-7-13(14)2/h5-8,11,17H,4,9-10,12H2,1-3H3. The molecule has 0 saturated carbocycles. The van der Waals surface area contributed by atoms with E-state index in [0.717, 1.165) is 24.8 Å². The van der Waals surface area contributed by atoms with Crippen LogP contribution in [0, 0.1) is 6.92 Å². The summed E-state index contributed by atoms with van der Waals surface area (Å²) in [4.78, 5) is 8.04. The van der Waals surface area contributed by atoms with E-state index in [1.807, 2.05) is 6.20 Å². The van der Waals surface area contributed by atoms with E-state index in [9.17, 15) is 0 Å². The molecule has 0 fully saturated rings. The second kappa shape index (κ2) is 7.41. The van der Waals surface area contributed by atoms with E-state index < -0.39 is 0 Å². The van der Waals surface area contributed by atoms with Crippen LogP contribution in [0.4, 0.5) is 5.13 Å². The quantitative estimate of drug-likeness (QED) is 0.790. The van der Waals surface area contributed by atoms with Gasteiger partial charge in [-0.3, -0.25) is 0 Å². The third-order valence-electron chi connectivity index (χ3n) is 3.26. The summed E-state index contributed by atoms with van der Waals surface area (Å²) in [6, 6.07) is 8.52. The summed E-state index contributed by atoms with van der Waals surface area (Å²) >= 11 is 1.77. The summed E-state index contributed by atoms with van der Waals surface area (Å²) in [6.07, 6.45) is 3.15. The Morgan fingerprint density at radius 1 is 1.30 bits per heavy atom. The molecule has 108 valence electrons. The van der Waals surface area contributed by atoms with E-state index >= 15 is 0 Å². The van der Waals surface area contributed by atoms with Crippen molar-refractivity contribution in [3.63, 3.8) is 0 Å². The predicted molar refractivity (Wildman–Crippen MR) is 87.4 cm³/mol. The smallest absolute Gasteiger partial charge is 0.185 e. The number of nitrogens with one attached hydrogen (secondary N) is 1. The Bertz CT molecular complexity index is 536. The van der Waals surface area contributed by atoms with Crippen LogP contribution in [-0.4, -0.2) is 18.6 Å². The maximum absolute atomic E-state index is 4.53. The van der Waals surface area contributed by atoms with Gasteiger partial charge in [0.1, 0.15) is 0 Å². The van der Waals surface area contributed by atoms with Gasteiger partial charge in [0.25, 0.3) is 0 Å². The zero-order chi connectivity index (χ0) is 14.4. The molecule has 0 radical (unpaired) electrons. The number of anilines is 1. The van der Waals surface area contributed by atoms with Crippen molar-refractivity contribution in [3.8, 4) is 0 Å². The molecular weight excluding hydrogens is 266 g/mol. The van der Waals surface area contributed by atoms with Crippen molar-refractivity contribution in [3.05, 3.63) is 46.5 Å². The van der Waals surface area contributed by atoms with Crippen LogP contribution < -0.4 is 10.2 Å². The van der Waals surface area contributed by atoms with Gasteiger partial charge in [-0.2, -0.15) is 0 Å². The summed E-state index contributed by atoms with van der Waals surface area (Å²) < 4.78 is 0. The van der Waals surface area contributed by atoms with Gasteiger partial charge >= 0.3 is 0 Å². The molecule has 0 amide bonds. The fraction of sp³-hybridized carbons (Fsp3) is 0.438. The summed E-state index contributed by atoms with van der Waals surface area (Å²) in [7, 11) is 2.11. The van der Waals surface area contributed by atoms with Crippen LogP contribution >= 0.6 is 11.3 Å². The molecular formula is C16H23N3S. The molecule has 20 heavy (non-hydrogen) atoms. The SMILES string of the molecule is CCCNCc1cnc(N(C)Cc2ccccc2C)s1. The molecule has 1 aromatic heterocycles. The topological polar surface area (TPSA) is 28.2 Å². The van der Waals surface area contributed by atoms with Crippen LogP contribution in [0.2, 0.25) is 0 Å². The van der Waals surface area contributed by atoms with Gasteiger partial charge in [-0.1, -0.05) is 31.2 Å². The van der Waals surface area contributed by atoms with E-state index in [1.165, 1.54) is 22.4 Å². The number of aryl methyl sites for hydroxylation is 1. The zero-order valence-corrected chi connectivity index (χ0v) is 13.3. The molecule has 2 aromatic rings. The normalized spacial score (nSPS) is 10.8. The highest BCUT2D eigenvalue weighted by Gasteiger charge is 2.08. The Kier molecular flexibility index (Phi) is 5.56. The number of nitrogens with zero attached hydrogens (tertiary/aromatic N) is 2. The third-order valence-corrected chi connectivity index (χ3v) is 4.37. The molecule has 4 heteroatoms. The van der Waals surface area contributed by atoms with Crippen LogP contribution in [0.5, 0.6) is 0 Å². The first-order chi connectivity index (χ1) is 9.70. The number of hydrogen-bond acceptors (Lipinski definition) is 4. The van der Waals surface area contributed by atoms with Gasteiger partial charge in [0.05, 0.1) is 0 Å². The van der Waals surface area contributed by atoms with E-state index in [1.54, 1.807) is 11.3 Å². The number of aromatic nitrogens is 1. The molecule has 0 bridgehead atoms. The number of rotatable bonds is 7. The van der Waals surface area contributed by atoms with Crippen molar-refractivity contribution in [1.29, 1.82) is 0 Å². The van der Waals surface area contributed by atoms with Gasteiger partial charge in [0.15, 0.2) is 5.13 Å². The lowest BCUT2D eigenvalue weighted by molar-refractivity contribution is 0.681. The lowest BCUT2D eigenvalue weighted by Crippen LogP contribution is -2.16. The van der Waals surface area contributed by atoms with Gasteiger partial charge in [-0.05, 0) is 31.0 Å². The average Bonchev–Trinajstić information content (AvgIpc) is 2.91. The van der Waals surface area contributed by atoms with Gasteiger partial charge in [-0.25, -0.2) is 4.98 Å². The molecule has 0 aliphatic heterocycles. The van der Waals surface area contributed by atoms with E-state index in [0.29, 0.717) is 0 Å². The highest BCUT2D eigenvalue weighted by Crippen LogP contribution is 2.23. The van der Waals surface area contributed by atoms with Crippen molar-refractivity contribution in [2.75, 3.05) is 18.5 Å².